The van der Waals surface area contributed by atoms with Crippen molar-refractivity contribution >= 4 is 13.5 Å². The first-order valence-electron chi connectivity index (χ1n) is 4.88. The topological polar surface area (TPSA) is 98.1 Å². The first kappa shape index (κ1) is 13.9. The van der Waals surface area contributed by atoms with Crippen molar-refractivity contribution in [1.82, 2.24) is 5.06 Å². The van der Waals surface area contributed by atoms with Crippen molar-refractivity contribution in [3.63, 3.8) is 0 Å². The number of carbonyl (C=O) groups excluding carboxylic acids is 1. The van der Waals surface area contributed by atoms with Gasteiger partial charge < -0.3 is 9.79 Å². The maximum Gasteiger partial charge on any atom is 0.333 e. The molecule has 1 aromatic carbocycles. The molecule has 0 aliphatic carbocycles. The zero-order chi connectivity index (χ0) is 13.1. The Hall–Kier alpha value is -1.20. The summed E-state index contributed by atoms with van der Waals surface area (Å²) in [6.45, 7) is 0. The molecule has 1 amide bonds. The maximum absolute atomic E-state index is 11.3. The molecule has 0 aliphatic rings. The van der Waals surface area contributed by atoms with Gasteiger partial charge in [-0.2, -0.15) is 0 Å². The fourth-order valence-corrected chi connectivity index (χ4v) is 2.36. The number of amides is 1. The lowest BCUT2D eigenvalue weighted by atomic mass is 10.1. The number of nitrogens with zero attached hydrogens (tertiary/aromatic N) is 1. The monoisotopic (exact) mass is 259 g/mol. The van der Waals surface area contributed by atoms with Gasteiger partial charge in [-0.25, -0.2) is 5.06 Å². The van der Waals surface area contributed by atoms with E-state index in [0.29, 0.717) is 10.6 Å². The van der Waals surface area contributed by atoms with Gasteiger partial charge in [-0.15, -0.1) is 0 Å². The van der Waals surface area contributed by atoms with Gasteiger partial charge in [0.05, 0.1) is 5.66 Å². The van der Waals surface area contributed by atoms with Crippen LogP contribution in [-0.2, 0) is 9.36 Å². The normalized spacial score (nSPS) is 13.2. The summed E-state index contributed by atoms with van der Waals surface area (Å²) in [6.07, 6.45) is -0.443. The third-order valence-corrected chi connectivity index (χ3v) is 3.61. The van der Waals surface area contributed by atoms with Crippen LogP contribution in [0.25, 0.3) is 0 Å². The Bertz CT molecular complexity index is 428. The number of hydrogen-bond donors (Lipinski definition) is 3. The lowest BCUT2D eigenvalue weighted by Gasteiger charge is -2.19. The van der Waals surface area contributed by atoms with Gasteiger partial charge in [0.1, 0.15) is 0 Å². The van der Waals surface area contributed by atoms with Crippen LogP contribution in [0, 0.1) is 0 Å². The summed E-state index contributed by atoms with van der Waals surface area (Å²) < 4.78 is 11.3. The summed E-state index contributed by atoms with van der Waals surface area (Å²) in [5.74, 6) is -0.748. The lowest BCUT2D eigenvalue weighted by molar-refractivity contribution is -0.159. The van der Waals surface area contributed by atoms with E-state index in [4.69, 9.17) is 5.21 Å². The lowest BCUT2D eigenvalue weighted by Crippen LogP contribution is -2.24. The van der Waals surface area contributed by atoms with Gasteiger partial charge >= 0.3 is 7.60 Å². The van der Waals surface area contributed by atoms with Crippen molar-refractivity contribution < 1.29 is 24.4 Å². The van der Waals surface area contributed by atoms with Gasteiger partial charge in [-0.1, -0.05) is 30.3 Å². The minimum atomic E-state index is -4.45. The molecule has 94 valence electrons. The summed E-state index contributed by atoms with van der Waals surface area (Å²) in [5.41, 5.74) is -0.859. The van der Waals surface area contributed by atoms with Gasteiger partial charge in [-0.3, -0.25) is 14.6 Å². The molecule has 0 saturated heterocycles. The van der Waals surface area contributed by atoms with Crippen LogP contribution in [0.4, 0.5) is 0 Å². The Morgan fingerprint density at radius 1 is 1.35 bits per heavy atom. The molecule has 1 rings (SSSR count). The van der Waals surface area contributed by atoms with E-state index >= 15 is 0 Å². The Morgan fingerprint density at radius 2 is 1.88 bits per heavy atom. The van der Waals surface area contributed by atoms with Crippen LogP contribution in [0.5, 0.6) is 0 Å². The first-order valence-corrected chi connectivity index (χ1v) is 6.56. The molecule has 3 N–H and O–H groups in total. The predicted molar refractivity (Wildman–Crippen MR) is 60.4 cm³/mol. The molecule has 6 nitrogen and oxygen atoms in total. The molecule has 0 spiro atoms. The number of carbonyl (C=O) groups is 1. The fourth-order valence-electron chi connectivity index (χ4n) is 1.40. The predicted octanol–water partition coefficient (Wildman–Crippen LogP) is 1.14. The van der Waals surface area contributed by atoms with Crippen molar-refractivity contribution in [2.45, 2.75) is 12.1 Å². The van der Waals surface area contributed by atoms with Gasteiger partial charge in [0.25, 0.3) is 0 Å². The second kappa shape index (κ2) is 5.42. The summed E-state index contributed by atoms with van der Waals surface area (Å²) >= 11 is 0. The van der Waals surface area contributed by atoms with E-state index < -0.39 is 25.6 Å². The van der Waals surface area contributed by atoms with E-state index in [-0.39, 0.29) is 0 Å². The van der Waals surface area contributed by atoms with Crippen molar-refractivity contribution in [2.24, 2.45) is 0 Å². The third-order valence-electron chi connectivity index (χ3n) is 2.32. The largest absolute Gasteiger partial charge is 0.333 e. The number of benzene rings is 1. The van der Waals surface area contributed by atoms with E-state index in [9.17, 15) is 19.1 Å². The molecule has 0 aromatic heterocycles. The Labute approximate surface area is 98.6 Å². The Kier molecular flexibility index (Phi) is 4.42. The smallest absolute Gasteiger partial charge is 0.324 e. The van der Waals surface area contributed by atoms with Crippen LogP contribution in [-0.4, -0.2) is 33.0 Å². The quantitative estimate of drug-likeness (QED) is 0.428. The van der Waals surface area contributed by atoms with Gasteiger partial charge in [0.2, 0.25) is 5.91 Å². The van der Waals surface area contributed by atoms with E-state index in [1.165, 1.54) is 12.1 Å². The second-order valence-corrected chi connectivity index (χ2v) is 5.44. The zero-order valence-electron chi connectivity index (χ0n) is 9.22. The molecule has 0 radical (unpaired) electrons. The molecule has 0 saturated carbocycles. The molecule has 1 unspecified atom stereocenters. The van der Waals surface area contributed by atoms with Crippen LogP contribution < -0.4 is 0 Å². The van der Waals surface area contributed by atoms with Crippen molar-refractivity contribution in [2.75, 3.05) is 7.05 Å². The highest BCUT2D eigenvalue weighted by molar-refractivity contribution is 7.52. The van der Waals surface area contributed by atoms with Crippen LogP contribution in [0.1, 0.15) is 17.6 Å². The van der Waals surface area contributed by atoms with E-state index in [1.807, 2.05) is 0 Å². The van der Waals surface area contributed by atoms with Gasteiger partial charge in [0, 0.05) is 13.5 Å². The van der Waals surface area contributed by atoms with Crippen molar-refractivity contribution in [1.29, 1.82) is 0 Å². The van der Waals surface area contributed by atoms with Crippen LogP contribution in [0.15, 0.2) is 30.3 Å². The molecular weight excluding hydrogens is 245 g/mol. The molecule has 0 fully saturated rings. The summed E-state index contributed by atoms with van der Waals surface area (Å²) in [6, 6.07) is 8.04. The van der Waals surface area contributed by atoms with Crippen LogP contribution >= 0.6 is 7.60 Å². The SMILES string of the molecule is CN(O)C(=O)CC(c1ccccc1)P(=O)(O)O. The third kappa shape index (κ3) is 3.94. The maximum atomic E-state index is 11.3. The fraction of sp³-hybridized carbons (Fsp3) is 0.300. The Balaban J connectivity index is 2.99. The van der Waals surface area contributed by atoms with Crippen molar-refractivity contribution in [3.05, 3.63) is 35.9 Å². The zero-order valence-corrected chi connectivity index (χ0v) is 10.1. The van der Waals surface area contributed by atoms with E-state index in [2.05, 4.69) is 0 Å². The summed E-state index contributed by atoms with van der Waals surface area (Å²) in [5, 5.41) is 9.24. The van der Waals surface area contributed by atoms with Crippen LogP contribution in [0.3, 0.4) is 0 Å². The number of hydrogen-bond acceptors (Lipinski definition) is 3. The molecule has 1 atom stereocenters. The highest BCUT2D eigenvalue weighted by Gasteiger charge is 2.33. The number of rotatable bonds is 4. The highest BCUT2D eigenvalue weighted by atomic mass is 31.2. The van der Waals surface area contributed by atoms with Crippen LogP contribution in [0.2, 0.25) is 0 Å². The van der Waals surface area contributed by atoms with E-state index in [0.717, 1.165) is 7.05 Å². The molecule has 17 heavy (non-hydrogen) atoms. The minimum absolute atomic E-state index is 0.325. The molecule has 1 aromatic rings. The summed E-state index contributed by atoms with van der Waals surface area (Å²) in [7, 11) is -3.33. The molecule has 0 bridgehead atoms. The van der Waals surface area contributed by atoms with Gasteiger partial charge in [-0.05, 0) is 5.56 Å². The van der Waals surface area contributed by atoms with Gasteiger partial charge in [0.15, 0.2) is 0 Å². The highest BCUT2D eigenvalue weighted by Crippen LogP contribution is 2.53. The summed E-state index contributed by atoms with van der Waals surface area (Å²) in [4.78, 5) is 29.7. The minimum Gasteiger partial charge on any atom is -0.324 e. The molecule has 0 heterocycles. The number of hydroxylamine groups is 2. The van der Waals surface area contributed by atoms with E-state index in [1.54, 1.807) is 18.2 Å². The molecular formula is C10H14NO5P. The first-order chi connectivity index (χ1) is 7.82. The standard InChI is InChI=1S/C10H14NO5P/c1-11(13)10(12)7-9(17(14,15)16)8-5-3-2-4-6-8/h2-6,9,13H,7H2,1H3,(H2,14,15,16). The Morgan fingerprint density at radius 3 is 2.29 bits per heavy atom. The second-order valence-electron chi connectivity index (χ2n) is 3.64. The average molecular weight is 259 g/mol. The molecule has 7 heteroatoms. The average Bonchev–Trinajstić information content (AvgIpc) is 2.25. The molecule has 0 aliphatic heterocycles. The van der Waals surface area contributed by atoms with Crippen molar-refractivity contribution in [3.8, 4) is 0 Å².